The number of aromatic nitrogens is 1. The molecule has 0 spiro atoms. The van der Waals surface area contributed by atoms with Crippen molar-refractivity contribution in [3.63, 3.8) is 0 Å². The van der Waals surface area contributed by atoms with E-state index in [1.807, 2.05) is 52.4 Å². The third-order valence-corrected chi connectivity index (χ3v) is 6.51. The Labute approximate surface area is 181 Å². The number of nitrogens with zero attached hydrogens (tertiary/aromatic N) is 3. The number of rotatable bonds is 6. The fourth-order valence-electron chi connectivity index (χ4n) is 3.67. The van der Waals surface area contributed by atoms with Gasteiger partial charge in [0.05, 0.1) is 10.7 Å². The zero-order valence-electron chi connectivity index (χ0n) is 17.3. The smallest absolute Gasteiger partial charge is 0.246 e. The van der Waals surface area contributed by atoms with Gasteiger partial charge < -0.3 is 14.5 Å². The molecular formula is C23H27N3O3S. The first-order valence-corrected chi connectivity index (χ1v) is 11.4. The number of thiazole rings is 1. The van der Waals surface area contributed by atoms with Crippen LogP contribution in [-0.4, -0.2) is 52.8 Å². The van der Waals surface area contributed by atoms with Crippen LogP contribution in [0.4, 0.5) is 0 Å². The summed E-state index contributed by atoms with van der Waals surface area (Å²) in [4.78, 5) is 33.0. The molecular weight excluding hydrogens is 398 g/mol. The lowest BCUT2D eigenvalue weighted by Crippen LogP contribution is -2.52. The first-order chi connectivity index (χ1) is 14.6. The molecule has 158 valence electrons. The van der Waals surface area contributed by atoms with Gasteiger partial charge in [-0.3, -0.25) is 9.59 Å². The fraction of sp³-hybridized carbons (Fsp3) is 0.435. The van der Waals surface area contributed by atoms with E-state index >= 15 is 0 Å². The highest BCUT2D eigenvalue weighted by atomic mass is 32.1. The molecule has 1 aromatic carbocycles. The molecule has 2 amide bonds. The van der Waals surface area contributed by atoms with Crippen molar-refractivity contribution >= 4 is 29.2 Å². The van der Waals surface area contributed by atoms with Crippen LogP contribution in [0.3, 0.4) is 0 Å². The van der Waals surface area contributed by atoms with Gasteiger partial charge in [-0.25, -0.2) is 4.98 Å². The third kappa shape index (κ3) is 5.08. The minimum Gasteiger partial charge on any atom is -0.487 e. The fourth-order valence-corrected chi connectivity index (χ4v) is 4.27. The molecule has 0 atom stereocenters. The molecule has 4 rings (SSSR count). The van der Waals surface area contributed by atoms with E-state index in [4.69, 9.17) is 4.74 Å². The first kappa shape index (κ1) is 20.6. The predicted octanol–water partition coefficient (Wildman–Crippen LogP) is 3.51. The van der Waals surface area contributed by atoms with E-state index in [9.17, 15) is 9.59 Å². The monoisotopic (exact) mass is 425 g/mol. The van der Waals surface area contributed by atoms with Gasteiger partial charge in [0.25, 0.3) is 0 Å². The van der Waals surface area contributed by atoms with Gasteiger partial charge in [0.2, 0.25) is 11.8 Å². The molecule has 2 heterocycles. The molecule has 1 saturated heterocycles. The molecule has 1 aromatic heterocycles. The molecule has 30 heavy (non-hydrogen) atoms. The van der Waals surface area contributed by atoms with Gasteiger partial charge in [0.15, 0.2) is 0 Å². The third-order valence-electron chi connectivity index (χ3n) is 5.69. The standard InChI is InChI=1S/C23H27N3O3S/c1-17-24-20(16-30-17)15-29-21-7-2-4-18(14-21)8-9-22(27)25-10-12-26(13-11-25)23(28)19-5-3-6-19/h2,4,7-9,14,16,19H,3,5-6,10-13,15H2,1H3/b9-8+. The Balaban J connectivity index is 1.27. The van der Waals surface area contributed by atoms with Crippen LogP contribution in [0.1, 0.15) is 35.5 Å². The molecule has 7 heteroatoms. The van der Waals surface area contributed by atoms with Gasteiger partial charge >= 0.3 is 0 Å². The summed E-state index contributed by atoms with van der Waals surface area (Å²) in [6, 6.07) is 7.67. The van der Waals surface area contributed by atoms with Crippen LogP contribution in [0.5, 0.6) is 5.75 Å². The normalized spacial score (nSPS) is 17.2. The number of hydrogen-bond donors (Lipinski definition) is 0. The van der Waals surface area contributed by atoms with Crippen LogP contribution in [0.2, 0.25) is 0 Å². The topological polar surface area (TPSA) is 62.7 Å². The average Bonchev–Trinajstić information content (AvgIpc) is 3.15. The van der Waals surface area contributed by atoms with Gasteiger partial charge in [0.1, 0.15) is 12.4 Å². The Morgan fingerprint density at radius 2 is 1.97 bits per heavy atom. The Morgan fingerprint density at radius 1 is 1.20 bits per heavy atom. The second-order valence-corrected chi connectivity index (χ2v) is 8.89. The summed E-state index contributed by atoms with van der Waals surface area (Å²) in [6.07, 6.45) is 6.62. The van der Waals surface area contributed by atoms with Crippen molar-refractivity contribution in [2.24, 2.45) is 5.92 Å². The summed E-state index contributed by atoms with van der Waals surface area (Å²) in [5.41, 5.74) is 1.83. The number of benzene rings is 1. The summed E-state index contributed by atoms with van der Waals surface area (Å²) in [6.45, 7) is 4.86. The first-order valence-electron chi connectivity index (χ1n) is 10.5. The number of ether oxygens (including phenoxy) is 1. The maximum absolute atomic E-state index is 12.5. The quantitative estimate of drug-likeness (QED) is 0.665. The molecule has 0 radical (unpaired) electrons. The van der Waals surface area contributed by atoms with E-state index in [-0.39, 0.29) is 17.7 Å². The van der Waals surface area contributed by atoms with Crippen molar-refractivity contribution in [2.75, 3.05) is 26.2 Å². The SMILES string of the molecule is Cc1nc(COc2cccc(/C=C/C(=O)N3CCN(C(=O)C4CCC4)CC3)c2)cs1. The molecule has 2 aromatic rings. The predicted molar refractivity (Wildman–Crippen MR) is 117 cm³/mol. The van der Waals surface area contributed by atoms with Crippen LogP contribution in [0.25, 0.3) is 6.08 Å². The molecule has 0 N–H and O–H groups in total. The second kappa shape index (κ2) is 9.43. The van der Waals surface area contributed by atoms with Crippen LogP contribution in [-0.2, 0) is 16.2 Å². The maximum atomic E-state index is 12.5. The number of carbonyl (C=O) groups is 2. The number of carbonyl (C=O) groups excluding carboxylic acids is 2. The summed E-state index contributed by atoms with van der Waals surface area (Å²) >= 11 is 1.61. The van der Waals surface area contributed by atoms with Crippen LogP contribution < -0.4 is 4.74 Å². The molecule has 1 aliphatic carbocycles. The lowest BCUT2D eigenvalue weighted by molar-refractivity contribution is -0.142. The molecule has 2 aliphatic rings. The van der Waals surface area contributed by atoms with Crippen LogP contribution >= 0.6 is 11.3 Å². The minimum atomic E-state index is -0.0185. The Kier molecular flexibility index (Phi) is 6.47. The van der Waals surface area contributed by atoms with Crippen molar-refractivity contribution in [3.8, 4) is 5.75 Å². The zero-order valence-corrected chi connectivity index (χ0v) is 18.1. The number of amides is 2. The molecule has 0 unspecified atom stereocenters. The molecule has 2 fully saturated rings. The highest BCUT2D eigenvalue weighted by Gasteiger charge is 2.31. The Bertz CT molecular complexity index is 927. The van der Waals surface area contributed by atoms with Crippen molar-refractivity contribution < 1.29 is 14.3 Å². The van der Waals surface area contributed by atoms with Crippen molar-refractivity contribution in [3.05, 3.63) is 52.0 Å². The summed E-state index contributed by atoms with van der Waals surface area (Å²) in [5, 5.41) is 3.02. The summed E-state index contributed by atoms with van der Waals surface area (Å²) in [5.74, 6) is 1.23. The van der Waals surface area contributed by atoms with Crippen molar-refractivity contribution in [1.82, 2.24) is 14.8 Å². The van der Waals surface area contributed by atoms with Crippen LogP contribution in [0, 0.1) is 12.8 Å². The van der Waals surface area contributed by atoms with Crippen LogP contribution in [0.15, 0.2) is 35.7 Å². The van der Waals surface area contributed by atoms with Gasteiger partial charge in [-0.2, -0.15) is 0 Å². The van der Waals surface area contributed by atoms with Gasteiger partial charge in [-0.15, -0.1) is 11.3 Å². The molecule has 6 nitrogen and oxygen atoms in total. The second-order valence-electron chi connectivity index (χ2n) is 7.83. The molecule has 1 saturated carbocycles. The summed E-state index contributed by atoms with van der Waals surface area (Å²) < 4.78 is 5.81. The van der Waals surface area contributed by atoms with Crippen molar-refractivity contribution in [2.45, 2.75) is 32.8 Å². The van der Waals surface area contributed by atoms with E-state index in [1.165, 1.54) is 0 Å². The van der Waals surface area contributed by atoms with Crippen molar-refractivity contribution in [1.29, 1.82) is 0 Å². The number of piperazine rings is 1. The van der Waals surface area contributed by atoms with Gasteiger partial charge in [0, 0.05) is 43.6 Å². The number of hydrogen-bond acceptors (Lipinski definition) is 5. The zero-order chi connectivity index (χ0) is 20.9. The Morgan fingerprint density at radius 3 is 2.63 bits per heavy atom. The summed E-state index contributed by atoms with van der Waals surface area (Å²) in [7, 11) is 0. The van der Waals surface area contributed by atoms with E-state index in [0.29, 0.717) is 32.8 Å². The van der Waals surface area contributed by atoms with E-state index < -0.39 is 0 Å². The number of aryl methyl sites for hydroxylation is 1. The van der Waals surface area contributed by atoms with E-state index in [2.05, 4.69) is 4.98 Å². The van der Waals surface area contributed by atoms with Gasteiger partial charge in [-0.05, 0) is 43.5 Å². The maximum Gasteiger partial charge on any atom is 0.246 e. The van der Waals surface area contributed by atoms with Gasteiger partial charge in [-0.1, -0.05) is 18.6 Å². The largest absolute Gasteiger partial charge is 0.487 e. The van der Waals surface area contributed by atoms with E-state index in [0.717, 1.165) is 41.3 Å². The lowest BCUT2D eigenvalue weighted by atomic mass is 9.84. The highest BCUT2D eigenvalue weighted by Crippen LogP contribution is 2.28. The minimum absolute atomic E-state index is 0.0185. The van der Waals surface area contributed by atoms with E-state index in [1.54, 1.807) is 17.4 Å². The molecule has 0 bridgehead atoms. The Hall–Kier alpha value is -2.67. The highest BCUT2D eigenvalue weighted by molar-refractivity contribution is 7.09. The average molecular weight is 426 g/mol. The lowest BCUT2D eigenvalue weighted by Gasteiger charge is -2.37. The molecule has 1 aliphatic heterocycles.